The van der Waals surface area contributed by atoms with Gasteiger partial charge >= 0.3 is 0 Å². The van der Waals surface area contributed by atoms with Crippen LogP contribution in [0, 0.1) is 6.92 Å². The Labute approximate surface area is 91.2 Å². The van der Waals surface area contributed by atoms with E-state index in [0.717, 1.165) is 16.9 Å². The van der Waals surface area contributed by atoms with E-state index in [1.807, 2.05) is 44.2 Å². The van der Waals surface area contributed by atoms with Crippen molar-refractivity contribution >= 4 is 0 Å². The van der Waals surface area contributed by atoms with E-state index in [1.165, 1.54) is 0 Å². The van der Waals surface area contributed by atoms with Gasteiger partial charge < -0.3 is 9.84 Å². The quantitative estimate of drug-likeness (QED) is 0.767. The lowest BCUT2D eigenvalue weighted by atomic mass is 10.1. The highest BCUT2D eigenvalue weighted by atomic mass is 16.5. The number of rotatable bonds is 4. The van der Waals surface area contributed by atoms with Crippen LogP contribution in [0.2, 0.25) is 0 Å². The largest absolute Gasteiger partial charge is 0.489 e. The summed E-state index contributed by atoms with van der Waals surface area (Å²) >= 11 is 0. The van der Waals surface area contributed by atoms with Crippen LogP contribution >= 0.6 is 0 Å². The SMILES string of the molecule is CC=CCOc1ccc(C)cc1[C@@H](C)O. The van der Waals surface area contributed by atoms with Crippen molar-refractivity contribution in [3.8, 4) is 5.75 Å². The molecule has 0 aromatic heterocycles. The van der Waals surface area contributed by atoms with E-state index in [4.69, 9.17) is 4.74 Å². The Morgan fingerprint density at radius 2 is 2.20 bits per heavy atom. The second-order valence-corrected chi connectivity index (χ2v) is 3.60. The van der Waals surface area contributed by atoms with E-state index < -0.39 is 6.10 Å². The standard InChI is InChI=1S/C13H18O2/c1-4-5-8-15-13-7-6-10(2)9-12(13)11(3)14/h4-7,9,11,14H,8H2,1-3H3/t11-/m1/s1. The number of allylic oxidation sites excluding steroid dienone is 1. The zero-order chi connectivity index (χ0) is 11.3. The molecule has 1 rings (SSSR count). The minimum atomic E-state index is -0.495. The predicted octanol–water partition coefficient (Wildman–Crippen LogP) is 3.00. The van der Waals surface area contributed by atoms with Crippen LogP contribution in [0.1, 0.15) is 31.1 Å². The summed E-state index contributed by atoms with van der Waals surface area (Å²) < 4.78 is 5.55. The fraction of sp³-hybridized carbons (Fsp3) is 0.385. The first-order valence-corrected chi connectivity index (χ1v) is 5.17. The third kappa shape index (κ3) is 3.40. The van der Waals surface area contributed by atoms with Gasteiger partial charge in [0.2, 0.25) is 0 Å². The number of aryl methyl sites for hydroxylation is 1. The van der Waals surface area contributed by atoms with Crippen molar-refractivity contribution in [3.05, 3.63) is 41.5 Å². The Bertz CT molecular complexity index is 340. The first-order valence-electron chi connectivity index (χ1n) is 5.17. The number of ether oxygens (including phenoxy) is 1. The number of aliphatic hydroxyl groups is 1. The first-order chi connectivity index (χ1) is 7.15. The molecule has 15 heavy (non-hydrogen) atoms. The van der Waals surface area contributed by atoms with Gasteiger partial charge in [0, 0.05) is 5.56 Å². The molecule has 1 N–H and O–H groups in total. The van der Waals surface area contributed by atoms with Gasteiger partial charge in [0.05, 0.1) is 6.10 Å². The Balaban J connectivity index is 2.85. The molecule has 1 aromatic carbocycles. The van der Waals surface area contributed by atoms with Gasteiger partial charge in [0.1, 0.15) is 12.4 Å². The molecule has 1 atom stereocenters. The third-order valence-corrected chi connectivity index (χ3v) is 2.19. The van der Waals surface area contributed by atoms with E-state index in [2.05, 4.69) is 0 Å². The first kappa shape index (κ1) is 11.8. The molecule has 0 saturated heterocycles. The smallest absolute Gasteiger partial charge is 0.125 e. The third-order valence-electron chi connectivity index (χ3n) is 2.19. The van der Waals surface area contributed by atoms with E-state index in [0.29, 0.717) is 6.61 Å². The predicted molar refractivity (Wildman–Crippen MR) is 62.1 cm³/mol. The zero-order valence-electron chi connectivity index (χ0n) is 9.53. The zero-order valence-corrected chi connectivity index (χ0v) is 9.53. The molecule has 0 heterocycles. The summed E-state index contributed by atoms with van der Waals surface area (Å²) in [6.07, 6.45) is 3.38. The van der Waals surface area contributed by atoms with Crippen LogP contribution in [-0.4, -0.2) is 11.7 Å². The number of hydrogen-bond acceptors (Lipinski definition) is 2. The highest BCUT2D eigenvalue weighted by Crippen LogP contribution is 2.26. The molecular formula is C13H18O2. The van der Waals surface area contributed by atoms with E-state index in [1.54, 1.807) is 6.92 Å². The highest BCUT2D eigenvalue weighted by molar-refractivity contribution is 5.38. The average molecular weight is 206 g/mol. The molecule has 0 spiro atoms. The van der Waals surface area contributed by atoms with Crippen molar-refractivity contribution in [2.75, 3.05) is 6.61 Å². The molecule has 0 unspecified atom stereocenters. The normalized spacial score (nSPS) is 13.1. The van der Waals surface area contributed by atoms with Crippen LogP contribution in [0.25, 0.3) is 0 Å². The highest BCUT2D eigenvalue weighted by Gasteiger charge is 2.08. The maximum absolute atomic E-state index is 9.59. The molecule has 82 valence electrons. The summed E-state index contributed by atoms with van der Waals surface area (Å²) in [7, 11) is 0. The second-order valence-electron chi connectivity index (χ2n) is 3.60. The van der Waals surface area contributed by atoms with Gasteiger partial charge in [-0.1, -0.05) is 23.8 Å². The van der Waals surface area contributed by atoms with Crippen molar-refractivity contribution in [1.82, 2.24) is 0 Å². The lowest BCUT2D eigenvalue weighted by Gasteiger charge is -2.13. The molecule has 1 aromatic rings. The van der Waals surface area contributed by atoms with Gasteiger partial charge in [0.15, 0.2) is 0 Å². The second kappa shape index (κ2) is 5.56. The topological polar surface area (TPSA) is 29.5 Å². The van der Waals surface area contributed by atoms with Crippen molar-refractivity contribution < 1.29 is 9.84 Å². The summed E-state index contributed by atoms with van der Waals surface area (Å²) in [5.74, 6) is 0.758. The fourth-order valence-corrected chi connectivity index (χ4v) is 1.36. The minimum absolute atomic E-state index is 0.495. The van der Waals surface area contributed by atoms with Crippen LogP contribution in [-0.2, 0) is 0 Å². The number of aliphatic hydroxyl groups excluding tert-OH is 1. The number of hydrogen-bond donors (Lipinski definition) is 1. The molecule has 0 fully saturated rings. The van der Waals surface area contributed by atoms with Gasteiger partial charge in [0.25, 0.3) is 0 Å². The van der Waals surface area contributed by atoms with Crippen LogP contribution in [0.15, 0.2) is 30.4 Å². The van der Waals surface area contributed by atoms with Crippen LogP contribution < -0.4 is 4.74 Å². The molecule has 2 heteroatoms. The monoisotopic (exact) mass is 206 g/mol. The maximum Gasteiger partial charge on any atom is 0.125 e. The van der Waals surface area contributed by atoms with Gasteiger partial charge in [-0.3, -0.25) is 0 Å². The maximum atomic E-state index is 9.59. The molecule has 0 aliphatic heterocycles. The molecule has 0 radical (unpaired) electrons. The summed E-state index contributed by atoms with van der Waals surface area (Å²) in [6, 6.07) is 5.84. The van der Waals surface area contributed by atoms with E-state index in [9.17, 15) is 5.11 Å². The Morgan fingerprint density at radius 3 is 2.80 bits per heavy atom. The van der Waals surface area contributed by atoms with Crippen LogP contribution in [0.4, 0.5) is 0 Å². The van der Waals surface area contributed by atoms with Crippen molar-refractivity contribution in [2.45, 2.75) is 26.9 Å². The van der Waals surface area contributed by atoms with E-state index >= 15 is 0 Å². The van der Waals surface area contributed by atoms with Crippen molar-refractivity contribution in [3.63, 3.8) is 0 Å². The van der Waals surface area contributed by atoms with Gasteiger partial charge in [-0.05, 0) is 32.9 Å². The van der Waals surface area contributed by atoms with E-state index in [-0.39, 0.29) is 0 Å². The summed E-state index contributed by atoms with van der Waals surface area (Å²) in [6.45, 7) is 6.24. The van der Waals surface area contributed by atoms with Crippen molar-refractivity contribution in [2.24, 2.45) is 0 Å². The van der Waals surface area contributed by atoms with Gasteiger partial charge in [-0.2, -0.15) is 0 Å². The van der Waals surface area contributed by atoms with Gasteiger partial charge in [-0.15, -0.1) is 0 Å². The molecule has 0 aliphatic rings. The lowest BCUT2D eigenvalue weighted by molar-refractivity contribution is 0.193. The molecule has 0 bridgehead atoms. The van der Waals surface area contributed by atoms with Crippen LogP contribution in [0.3, 0.4) is 0 Å². The summed E-state index contributed by atoms with van der Waals surface area (Å²) in [4.78, 5) is 0. The lowest BCUT2D eigenvalue weighted by Crippen LogP contribution is -2.00. The Morgan fingerprint density at radius 1 is 1.47 bits per heavy atom. The van der Waals surface area contributed by atoms with Crippen molar-refractivity contribution in [1.29, 1.82) is 0 Å². The van der Waals surface area contributed by atoms with Gasteiger partial charge in [-0.25, -0.2) is 0 Å². The molecule has 0 aliphatic carbocycles. The molecule has 2 nitrogen and oxygen atoms in total. The Hall–Kier alpha value is -1.28. The average Bonchev–Trinajstić information content (AvgIpc) is 2.20. The van der Waals surface area contributed by atoms with Crippen LogP contribution in [0.5, 0.6) is 5.75 Å². The summed E-state index contributed by atoms with van der Waals surface area (Å²) in [5.41, 5.74) is 1.98. The molecule has 0 saturated carbocycles. The molecular weight excluding hydrogens is 188 g/mol. The Kier molecular flexibility index (Phi) is 4.37. The fourth-order valence-electron chi connectivity index (χ4n) is 1.36. The number of benzene rings is 1. The summed E-state index contributed by atoms with van der Waals surface area (Å²) in [5, 5.41) is 9.59. The molecule has 0 amide bonds. The minimum Gasteiger partial charge on any atom is -0.489 e.